The fourth-order valence-electron chi connectivity index (χ4n) is 4.37. The normalized spacial score (nSPS) is 15.8. The van der Waals surface area contributed by atoms with E-state index in [4.69, 9.17) is 24.4 Å². The van der Waals surface area contributed by atoms with Gasteiger partial charge in [-0.05, 0) is 62.2 Å². The van der Waals surface area contributed by atoms with E-state index in [0.717, 1.165) is 0 Å². The molecule has 3 heterocycles. The van der Waals surface area contributed by atoms with E-state index >= 15 is 0 Å². The second-order valence-corrected chi connectivity index (χ2v) is 10.8. The Morgan fingerprint density at radius 3 is 2.49 bits per heavy atom. The summed E-state index contributed by atoms with van der Waals surface area (Å²) in [5, 5.41) is 20.3. The molecule has 0 saturated carbocycles. The summed E-state index contributed by atoms with van der Waals surface area (Å²) in [6.07, 6.45) is 1.32. The van der Waals surface area contributed by atoms with Gasteiger partial charge in [-0.25, -0.2) is 14.4 Å². The van der Waals surface area contributed by atoms with Gasteiger partial charge in [0.25, 0.3) is 0 Å². The highest BCUT2D eigenvalue weighted by Crippen LogP contribution is 2.37. The predicted molar refractivity (Wildman–Crippen MR) is 150 cm³/mol. The standard InChI is InChI=1S/C30H26FN5O4S/c1-17-10-19(6-9-25(17)31)28-35-20(13-38-28)16-41-29-24(12-33)26(23(11-32)27(34)36-29)18-4-7-21(8-5-18)37-14-22-15-39-30(2,3)40-22/h4-10,13,22H,14-16H2,1-3H3,(H2,34,36)/t22-/m1/s1. The van der Waals surface area contributed by atoms with Crippen molar-refractivity contribution < 1.29 is 23.0 Å². The molecule has 0 bridgehead atoms. The first kappa shape index (κ1) is 28.1. The van der Waals surface area contributed by atoms with Gasteiger partial charge in [0.1, 0.15) is 59.1 Å². The van der Waals surface area contributed by atoms with Crippen LogP contribution in [-0.4, -0.2) is 35.1 Å². The number of ether oxygens (including phenoxy) is 3. The van der Waals surface area contributed by atoms with Crippen LogP contribution in [0.5, 0.6) is 5.75 Å². The molecule has 1 atom stereocenters. The van der Waals surface area contributed by atoms with E-state index in [1.807, 2.05) is 13.8 Å². The Bertz CT molecular complexity index is 1670. The van der Waals surface area contributed by atoms with Crippen molar-refractivity contribution >= 4 is 17.6 Å². The number of aryl methyl sites for hydroxylation is 1. The van der Waals surface area contributed by atoms with Gasteiger partial charge in [-0.15, -0.1) is 0 Å². The molecule has 0 spiro atoms. The van der Waals surface area contributed by atoms with E-state index in [-0.39, 0.29) is 28.9 Å². The van der Waals surface area contributed by atoms with Gasteiger partial charge in [0, 0.05) is 16.9 Å². The van der Waals surface area contributed by atoms with Crippen LogP contribution in [-0.2, 0) is 15.2 Å². The maximum atomic E-state index is 13.6. The second-order valence-electron chi connectivity index (χ2n) is 9.83. The van der Waals surface area contributed by atoms with Crippen molar-refractivity contribution in [3.8, 4) is 40.5 Å². The molecule has 1 fully saturated rings. The number of oxazole rings is 1. The van der Waals surface area contributed by atoms with E-state index in [9.17, 15) is 14.9 Å². The monoisotopic (exact) mass is 571 g/mol. The van der Waals surface area contributed by atoms with Crippen LogP contribution >= 0.6 is 11.8 Å². The molecule has 4 aromatic rings. The first-order chi connectivity index (χ1) is 19.7. The van der Waals surface area contributed by atoms with Crippen molar-refractivity contribution in [2.45, 2.75) is 43.4 Å². The number of anilines is 1. The number of rotatable bonds is 8. The van der Waals surface area contributed by atoms with Crippen LogP contribution in [0.3, 0.4) is 0 Å². The van der Waals surface area contributed by atoms with Crippen LogP contribution in [0.25, 0.3) is 22.6 Å². The minimum Gasteiger partial charge on any atom is -0.491 e. The third-order valence-corrected chi connectivity index (χ3v) is 7.38. The molecule has 5 rings (SSSR count). The molecule has 1 aliphatic heterocycles. The number of nitriles is 2. The predicted octanol–water partition coefficient (Wildman–Crippen LogP) is 6.00. The van der Waals surface area contributed by atoms with Crippen LogP contribution in [0, 0.1) is 35.4 Å². The molecule has 0 amide bonds. The molecule has 1 saturated heterocycles. The maximum Gasteiger partial charge on any atom is 0.226 e. The summed E-state index contributed by atoms with van der Waals surface area (Å²) in [4.78, 5) is 8.84. The maximum absolute atomic E-state index is 13.6. The number of aromatic nitrogens is 2. The fourth-order valence-corrected chi connectivity index (χ4v) is 5.24. The Kier molecular flexibility index (Phi) is 7.95. The summed E-state index contributed by atoms with van der Waals surface area (Å²) in [5.41, 5.74) is 9.28. The largest absolute Gasteiger partial charge is 0.491 e. The molecule has 9 nitrogen and oxygen atoms in total. The number of hydrogen-bond donors (Lipinski definition) is 1. The average Bonchev–Trinajstić information content (AvgIpc) is 3.58. The Morgan fingerprint density at radius 1 is 1.10 bits per heavy atom. The number of nitrogens with two attached hydrogens (primary N) is 1. The first-order valence-electron chi connectivity index (χ1n) is 12.7. The zero-order valence-corrected chi connectivity index (χ0v) is 23.4. The lowest BCUT2D eigenvalue weighted by Crippen LogP contribution is -2.25. The Morgan fingerprint density at radius 2 is 1.83 bits per heavy atom. The number of hydrogen-bond acceptors (Lipinski definition) is 10. The lowest BCUT2D eigenvalue weighted by Gasteiger charge is -2.17. The van der Waals surface area contributed by atoms with Crippen molar-refractivity contribution in [1.29, 1.82) is 10.5 Å². The molecule has 41 heavy (non-hydrogen) atoms. The van der Waals surface area contributed by atoms with Gasteiger partial charge in [-0.3, -0.25) is 0 Å². The summed E-state index contributed by atoms with van der Waals surface area (Å²) in [6.45, 7) is 6.14. The van der Waals surface area contributed by atoms with Crippen molar-refractivity contribution in [1.82, 2.24) is 9.97 Å². The molecule has 0 aliphatic carbocycles. The summed E-state index contributed by atoms with van der Waals surface area (Å²) >= 11 is 1.25. The van der Waals surface area contributed by atoms with Crippen LogP contribution in [0.1, 0.15) is 36.2 Å². The molecule has 208 valence electrons. The number of benzene rings is 2. The Labute approximate surface area is 240 Å². The Hall–Kier alpha value is -4.42. The molecule has 2 N–H and O–H groups in total. The van der Waals surface area contributed by atoms with Gasteiger partial charge in [-0.1, -0.05) is 23.9 Å². The number of thioether (sulfide) groups is 1. The summed E-state index contributed by atoms with van der Waals surface area (Å²) in [5.74, 6) is 0.373. The van der Waals surface area contributed by atoms with E-state index < -0.39 is 5.79 Å². The van der Waals surface area contributed by atoms with Crippen molar-refractivity contribution in [2.24, 2.45) is 0 Å². The van der Waals surface area contributed by atoms with Crippen molar-refractivity contribution in [2.75, 3.05) is 18.9 Å². The Balaban J connectivity index is 1.35. The molecular weight excluding hydrogens is 545 g/mol. The first-order valence-corrected chi connectivity index (χ1v) is 13.7. The number of halogens is 1. The molecule has 11 heteroatoms. The van der Waals surface area contributed by atoms with E-state index in [1.165, 1.54) is 24.1 Å². The summed E-state index contributed by atoms with van der Waals surface area (Å²) in [7, 11) is 0. The molecule has 1 aliphatic rings. The minimum atomic E-state index is -0.631. The molecule has 2 aromatic heterocycles. The highest BCUT2D eigenvalue weighted by molar-refractivity contribution is 7.98. The second kappa shape index (κ2) is 11.6. The van der Waals surface area contributed by atoms with Crippen LogP contribution < -0.4 is 10.5 Å². The van der Waals surface area contributed by atoms with Crippen LogP contribution in [0.4, 0.5) is 10.2 Å². The molecular formula is C30H26FN5O4S. The highest BCUT2D eigenvalue weighted by atomic mass is 32.2. The molecule has 2 aromatic carbocycles. The zero-order chi connectivity index (χ0) is 29.1. The van der Waals surface area contributed by atoms with E-state index in [2.05, 4.69) is 22.1 Å². The van der Waals surface area contributed by atoms with E-state index in [1.54, 1.807) is 43.3 Å². The number of nitrogens with zero attached hydrogens (tertiary/aromatic N) is 4. The van der Waals surface area contributed by atoms with Gasteiger partial charge in [0.2, 0.25) is 5.89 Å². The molecule has 0 radical (unpaired) electrons. The van der Waals surface area contributed by atoms with Gasteiger partial charge in [0.05, 0.1) is 17.9 Å². The summed E-state index contributed by atoms with van der Waals surface area (Å²) < 4.78 is 36.4. The average molecular weight is 572 g/mol. The molecule has 0 unspecified atom stereocenters. The quantitative estimate of drug-likeness (QED) is 0.250. The fraction of sp³-hybridized carbons (Fsp3) is 0.267. The third-order valence-electron chi connectivity index (χ3n) is 6.38. The highest BCUT2D eigenvalue weighted by Gasteiger charge is 2.33. The smallest absolute Gasteiger partial charge is 0.226 e. The zero-order valence-electron chi connectivity index (χ0n) is 22.6. The van der Waals surface area contributed by atoms with E-state index in [0.29, 0.717) is 63.6 Å². The van der Waals surface area contributed by atoms with Crippen molar-refractivity contribution in [3.05, 3.63) is 76.9 Å². The topological polar surface area (TPSA) is 140 Å². The SMILES string of the molecule is Cc1cc(-c2nc(CSc3nc(N)c(C#N)c(-c4ccc(OC[C@@H]5COC(C)(C)O5)cc4)c3C#N)co2)ccc1F. The number of pyridine rings is 1. The third kappa shape index (κ3) is 6.18. The number of nitrogen functional groups attached to an aromatic ring is 1. The van der Waals surface area contributed by atoms with Crippen molar-refractivity contribution in [3.63, 3.8) is 0 Å². The van der Waals surface area contributed by atoms with Crippen LogP contribution in [0.2, 0.25) is 0 Å². The summed E-state index contributed by atoms with van der Waals surface area (Å²) in [6, 6.07) is 16.0. The van der Waals surface area contributed by atoms with Gasteiger partial charge >= 0.3 is 0 Å². The van der Waals surface area contributed by atoms with Gasteiger partial charge in [0.15, 0.2) is 5.79 Å². The van der Waals surface area contributed by atoms with Gasteiger partial charge < -0.3 is 24.4 Å². The lowest BCUT2D eigenvalue weighted by atomic mass is 9.97. The lowest BCUT2D eigenvalue weighted by molar-refractivity contribution is -0.141. The minimum absolute atomic E-state index is 0.0213. The van der Waals surface area contributed by atoms with Gasteiger partial charge in [-0.2, -0.15) is 10.5 Å². The van der Waals surface area contributed by atoms with Crippen LogP contribution in [0.15, 0.2) is 58.2 Å².